The van der Waals surface area contributed by atoms with E-state index in [4.69, 9.17) is 11.0 Å². The fourth-order valence-corrected chi connectivity index (χ4v) is 2.90. The average molecular weight is 388 g/mol. The zero-order valence-electron chi connectivity index (χ0n) is 15.7. The van der Waals surface area contributed by atoms with E-state index in [-0.39, 0.29) is 11.9 Å². The second-order valence-corrected chi connectivity index (χ2v) is 6.30. The van der Waals surface area contributed by atoms with Crippen molar-refractivity contribution in [2.45, 2.75) is 12.8 Å². The van der Waals surface area contributed by atoms with Gasteiger partial charge in [-0.15, -0.1) is 5.10 Å². The lowest BCUT2D eigenvalue weighted by molar-refractivity contribution is -0.111. The molecule has 3 heterocycles. The summed E-state index contributed by atoms with van der Waals surface area (Å²) in [6, 6.07) is 7.64. The van der Waals surface area contributed by atoms with Gasteiger partial charge in [-0.3, -0.25) is 4.79 Å². The number of nitrogens with two attached hydrogens (primary N) is 1. The molecule has 9 heteroatoms. The normalized spacial score (nSPS) is 12.6. The van der Waals surface area contributed by atoms with Crippen LogP contribution in [-0.2, 0) is 4.79 Å². The Bertz CT molecular complexity index is 1050. The molecule has 4 rings (SSSR count). The van der Waals surface area contributed by atoms with Crippen LogP contribution >= 0.6 is 0 Å². The van der Waals surface area contributed by atoms with Gasteiger partial charge in [0.25, 0.3) is 0 Å². The molecule has 0 atom stereocenters. The highest BCUT2D eigenvalue weighted by molar-refractivity contribution is 6.01. The lowest BCUT2D eigenvalue weighted by Gasteiger charge is -2.17. The number of carbonyl (C=O) groups excluding carboxylic acids is 1. The van der Waals surface area contributed by atoms with E-state index < -0.39 is 0 Å². The molecule has 1 aliphatic rings. The van der Waals surface area contributed by atoms with Crippen molar-refractivity contribution in [3.8, 4) is 6.07 Å². The van der Waals surface area contributed by atoms with Gasteiger partial charge in [-0.05, 0) is 37.1 Å². The minimum Gasteiger partial charge on any atom is -0.368 e. The quantitative estimate of drug-likeness (QED) is 0.653. The number of benzene rings is 1. The third-order valence-electron chi connectivity index (χ3n) is 4.30. The predicted octanol–water partition coefficient (Wildman–Crippen LogP) is 2.28. The number of amides is 1. The Labute approximate surface area is 167 Å². The van der Waals surface area contributed by atoms with E-state index in [9.17, 15) is 4.79 Å². The smallest absolute Gasteiger partial charge is 0.247 e. The molecule has 0 spiro atoms. The molecule has 0 saturated carbocycles. The second kappa shape index (κ2) is 9.23. The Morgan fingerprint density at radius 2 is 1.97 bits per heavy atom. The SMILES string of the molecule is C=CC(=O)Nc1ccc2c(N3CCCC3)nncc2c1.N#Cc1cnc(N)nc1. The summed E-state index contributed by atoms with van der Waals surface area (Å²) in [4.78, 5) is 20.8. The third-order valence-corrected chi connectivity index (χ3v) is 4.30. The highest BCUT2D eigenvalue weighted by Crippen LogP contribution is 2.28. The zero-order valence-corrected chi connectivity index (χ0v) is 15.7. The van der Waals surface area contributed by atoms with Gasteiger partial charge in [0, 0.05) is 29.5 Å². The van der Waals surface area contributed by atoms with Crippen molar-refractivity contribution in [2.24, 2.45) is 0 Å². The largest absolute Gasteiger partial charge is 0.368 e. The van der Waals surface area contributed by atoms with Crippen LogP contribution in [0.4, 0.5) is 17.5 Å². The number of rotatable bonds is 3. The van der Waals surface area contributed by atoms with Crippen molar-refractivity contribution in [3.63, 3.8) is 0 Å². The van der Waals surface area contributed by atoms with Crippen molar-refractivity contribution in [1.82, 2.24) is 20.2 Å². The van der Waals surface area contributed by atoms with Crippen LogP contribution in [0.15, 0.2) is 49.4 Å². The molecule has 146 valence electrons. The lowest BCUT2D eigenvalue weighted by atomic mass is 10.1. The first kappa shape index (κ1) is 19.7. The minimum atomic E-state index is -0.217. The average Bonchev–Trinajstić information content (AvgIpc) is 3.29. The molecule has 0 bridgehead atoms. The number of hydrogen-bond acceptors (Lipinski definition) is 8. The van der Waals surface area contributed by atoms with Crippen LogP contribution < -0.4 is 16.0 Å². The number of nitrogens with zero attached hydrogens (tertiary/aromatic N) is 6. The molecule has 1 aliphatic heterocycles. The van der Waals surface area contributed by atoms with Gasteiger partial charge in [0.15, 0.2) is 5.82 Å². The summed E-state index contributed by atoms with van der Waals surface area (Å²) in [5.41, 5.74) is 6.31. The fourth-order valence-electron chi connectivity index (χ4n) is 2.90. The van der Waals surface area contributed by atoms with E-state index in [1.807, 2.05) is 24.3 Å². The Morgan fingerprint density at radius 1 is 1.24 bits per heavy atom. The van der Waals surface area contributed by atoms with Crippen molar-refractivity contribution in [3.05, 3.63) is 55.0 Å². The molecule has 1 saturated heterocycles. The summed E-state index contributed by atoms with van der Waals surface area (Å²) in [6.45, 7) is 5.51. The number of nitrogens with one attached hydrogen (secondary N) is 1. The molecule has 0 unspecified atom stereocenters. The molecule has 0 radical (unpaired) electrons. The van der Waals surface area contributed by atoms with E-state index in [1.54, 1.807) is 6.20 Å². The topological polar surface area (TPSA) is 134 Å². The third kappa shape index (κ3) is 5.01. The Morgan fingerprint density at radius 3 is 2.62 bits per heavy atom. The predicted molar refractivity (Wildman–Crippen MR) is 111 cm³/mol. The molecule has 1 fully saturated rings. The van der Waals surface area contributed by atoms with Gasteiger partial charge in [-0.1, -0.05) is 6.58 Å². The first-order valence-electron chi connectivity index (χ1n) is 9.02. The van der Waals surface area contributed by atoms with E-state index in [1.165, 1.54) is 31.3 Å². The fraction of sp³-hybridized carbons (Fsp3) is 0.200. The standard InChI is InChI=1S/C15H16N4O.C5H4N4/c1-2-14(20)17-12-5-6-13-11(9-12)10-16-18-15(13)19-7-3-4-8-19;6-1-4-2-8-5(7)9-3-4/h2,5-6,9-10H,1,3-4,7-8H2,(H,17,20);2-3H,(H2,7,8,9). The maximum atomic E-state index is 11.3. The van der Waals surface area contributed by atoms with Gasteiger partial charge >= 0.3 is 0 Å². The Kier molecular flexibility index (Phi) is 6.27. The van der Waals surface area contributed by atoms with Gasteiger partial charge in [-0.25, -0.2) is 9.97 Å². The van der Waals surface area contributed by atoms with Gasteiger partial charge in [0.2, 0.25) is 11.9 Å². The van der Waals surface area contributed by atoms with Gasteiger partial charge in [0.1, 0.15) is 6.07 Å². The van der Waals surface area contributed by atoms with E-state index in [0.717, 1.165) is 35.4 Å². The maximum Gasteiger partial charge on any atom is 0.247 e. The molecule has 0 aliphatic carbocycles. The highest BCUT2D eigenvalue weighted by atomic mass is 16.1. The summed E-state index contributed by atoms with van der Waals surface area (Å²) >= 11 is 0. The number of nitrogen functional groups attached to an aromatic ring is 1. The van der Waals surface area contributed by atoms with Gasteiger partial charge in [0.05, 0.1) is 24.2 Å². The van der Waals surface area contributed by atoms with E-state index in [0.29, 0.717) is 5.56 Å². The van der Waals surface area contributed by atoms with E-state index in [2.05, 4.69) is 37.0 Å². The molecule has 9 nitrogen and oxygen atoms in total. The number of hydrogen-bond donors (Lipinski definition) is 2. The zero-order chi connectivity index (χ0) is 20.6. The molecule has 29 heavy (non-hydrogen) atoms. The second-order valence-electron chi connectivity index (χ2n) is 6.30. The molecule has 3 N–H and O–H groups in total. The Hall–Kier alpha value is -4.06. The molecule has 3 aromatic rings. The Balaban J connectivity index is 0.000000224. The van der Waals surface area contributed by atoms with Crippen molar-refractivity contribution >= 4 is 34.1 Å². The maximum absolute atomic E-state index is 11.3. The number of nitriles is 1. The molecular weight excluding hydrogens is 368 g/mol. The first-order valence-corrected chi connectivity index (χ1v) is 9.02. The van der Waals surface area contributed by atoms with E-state index >= 15 is 0 Å². The van der Waals surface area contributed by atoms with Crippen LogP contribution in [-0.4, -0.2) is 39.2 Å². The first-order chi connectivity index (χ1) is 14.1. The van der Waals surface area contributed by atoms with Crippen molar-refractivity contribution in [2.75, 3.05) is 29.0 Å². The van der Waals surface area contributed by atoms with Gasteiger partial charge in [-0.2, -0.15) is 10.4 Å². The van der Waals surface area contributed by atoms with Crippen LogP contribution in [0.25, 0.3) is 10.8 Å². The summed E-state index contributed by atoms with van der Waals surface area (Å²) in [5, 5.41) is 21.4. The number of anilines is 3. The summed E-state index contributed by atoms with van der Waals surface area (Å²) in [6.07, 6.45) is 8.13. The monoisotopic (exact) mass is 388 g/mol. The number of aromatic nitrogens is 4. The summed E-state index contributed by atoms with van der Waals surface area (Å²) in [5.74, 6) is 0.904. The summed E-state index contributed by atoms with van der Waals surface area (Å²) < 4.78 is 0. The van der Waals surface area contributed by atoms with Gasteiger partial charge < -0.3 is 16.0 Å². The minimum absolute atomic E-state index is 0.189. The number of carbonyl (C=O) groups is 1. The van der Waals surface area contributed by atoms with Crippen molar-refractivity contribution < 1.29 is 4.79 Å². The van der Waals surface area contributed by atoms with Crippen LogP contribution in [0.1, 0.15) is 18.4 Å². The molecule has 1 aromatic carbocycles. The van der Waals surface area contributed by atoms with Crippen molar-refractivity contribution in [1.29, 1.82) is 5.26 Å². The summed E-state index contributed by atoms with van der Waals surface area (Å²) in [7, 11) is 0. The molecule has 1 amide bonds. The number of fused-ring (bicyclic) bond motifs is 1. The van der Waals surface area contributed by atoms with Crippen LogP contribution in [0.3, 0.4) is 0 Å². The van der Waals surface area contributed by atoms with Crippen LogP contribution in [0.5, 0.6) is 0 Å². The lowest BCUT2D eigenvalue weighted by Crippen LogP contribution is -2.19. The van der Waals surface area contributed by atoms with Crippen LogP contribution in [0, 0.1) is 11.3 Å². The molecule has 2 aromatic heterocycles. The molecular formula is C20H20N8O. The van der Waals surface area contributed by atoms with Crippen LogP contribution in [0.2, 0.25) is 0 Å². The highest BCUT2D eigenvalue weighted by Gasteiger charge is 2.16.